The predicted molar refractivity (Wildman–Crippen MR) is 107 cm³/mol. The molecule has 3 nitrogen and oxygen atoms in total. The van der Waals surface area contributed by atoms with Crippen molar-refractivity contribution in [3.8, 4) is 5.75 Å². The summed E-state index contributed by atoms with van der Waals surface area (Å²) in [6.45, 7) is 3.20. The van der Waals surface area contributed by atoms with E-state index in [1.807, 2.05) is 54.6 Å². The standard InChI is InChI=1S/C21H20Cl2N2O/c1-15(17-5-4-6-18(22)12-17)25-13-16-8-9-20(23)21(11-16)26-14-19-7-2-3-10-24-19/h2-12,15,25H,13-14H2,1H3/t15-/m1/s1. The summed E-state index contributed by atoms with van der Waals surface area (Å²) >= 11 is 12.3. The number of nitrogens with one attached hydrogen (secondary N) is 1. The van der Waals surface area contributed by atoms with Crippen LogP contribution < -0.4 is 10.1 Å². The Kier molecular flexibility index (Phi) is 6.51. The van der Waals surface area contributed by atoms with Gasteiger partial charge in [-0.1, -0.05) is 47.5 Å². The topological polar surface area (TPSA) is 34.1 Å². The second-order valence-electron chi connectivity index (χ2n) is 6.03. The minimum atomic E-state index is 0.183. The summed E-state index contributed by atoms with van der Waals surface area (Å²) in [6, 6.07) is 19.6. The summed E-state index contributed by atoms with van der Waals surface area (Å²) in [4.78, 5) is 4.25. The summed E-state index contributed by atoms with van der Waals surface area (Å²) in [7, 11) is 0. The lowest BCUT2D eigenvalue weighted by molar-refractivity contribution is 0.301. The van der Waals surface area contributed by atoms with E-state index in [0.717, 1.165) is 21.8 Å². The van der Waals surface area contributed by atoms with E-state index in [-0.39, 0.29) is 6.04 Å². The Morgan fingerprint density at radius 3 is 2.69 bits per heavy atom. The number of benzene rings is 2. The molecule has 3 aromatic rings. The van der Waals surface area contributed by atoms with Crippen LogP contribution in [0.1, 0.15) is 29.8 Å². The number of hydrogen-bond acceptors (Lipinski definition) is 3. The zero-order valence-corrected chi connectivity index (χ0v) is 16.0. The van der Waals surface area contributed by atoms with E-state index >= 15 is 0 Å². The van der Waals surface area contributed by atoms with E-state index < -0.39 is 0 Å². The molecule has 0 aliphatic rings. The van der Waals surface area contributed by atoms with Crippen molar-refractivity contribution in [2.24, 2.45) is 0 Å². The molecule has 0 bridgehead atoms. The SMILES string of the molecule is C[C@@H](NCc1ccc(Cl)c(OCc2ccccn2)c1)c1cccc(Cl)c1. The minimum absolute atomic E-state index is 0.183. The van der Waals surface area contributed by atoms with Crippen molar-refractivity contribution >= 4 is 23.2 Å². The normalized spacial score (nSPS) is 12.0. The molecule has 1 aromatic heterocycles. The third-order valence-corrected chi connectivity index (χ3v) is 4.61. The molecule has 0 radical (unpaired) electrons. The zero-order chi connectivity index (χ0) is 18.4. The fraction of sp³-hybridized carbons (Fsp3) is 0.190. The van der Waals surface area contributed by atoms with E-state index in [2.05, 4.69) is 23.3 Å². The van der Waals surface area contributed by atoms with Crippen molar-refractivity contribution in [2.45, 2.75) is 26.1 Å². The molecule has 2 aromatic carbocycles. The van der Waals surface area contributed by atoms with Crippen LogP contribution in [-0.4, -0.2) is 4.98 Å². The van der Waals surface area contributed by atoms with Crippen molar-refractivity contribution < 1.29 is 4.74 Å². The summed E-state index contributed by atoms with van der Waals surface area (Å²) in [5, 5.41) is 4.83. The molecule has 1 heterocycles. The third kappa shape index (κ3) is 5.21. The second-order valence-corrected chi connectivity index (χ2v) is 6.88. The molecule has 5 heteroatoms. The van der Waals surface area contributed by atoms with Crippen LogP contribution in [0.15, 0.2) is 66.9 Å². The van der Waals surface area contributed by atoms with Crippen LogP contribution in [0.4, 0.5) is 0 Å². The second kappa shape index (κ2) is 9.04. The average molecular weight is 387 g/mol. The van der Waals surface area contributed by atoms with Gasteiger partial charge in [-0.3, -0.25) is 4.98 Å². The van der Waals surface area contributed by atoms with Crippen LogP contribution in [-0.2, 0) is 13.2 Å². The van der Waals surface area contributed by atoms with Crippen LogP contribution in [0.5, 0.6) is 5.75 Å². The van der Waals surface area contributed by atoms with Crippen molar-refractivity contribution in [3.63, 3.8) is 0 Å². The Morgan fingerprint density at radius 2 is 1.92 bits per heavy atom. The van der Waals surface area contributed by atoms with Gasteiger partial charge in [-0.05, 0) is 54.4 Å². The molecule has 26 heavy (non-hydrogen) atoms. The molecule has 0 spiro atoms. The predicted octanol–water partition coefficient (Wildman–Crippen LogP) is 5.82. The maximum absolute atomic E-state index is 6.26. The minimum Gasteiger partial charge on any atom is -0.486 e. The first-order chi connectivity index (χ1) is 12.6. The van der Waals surface area contributed by atoms with E-state index in [9.17, 15) is 0 Å². The van der Waals surface area contributed by atoms with Gasteiger partial charge < -0.3 is 10.1 Å². The lowest BCUT2D eigenvalue weighted by Gasteiger charge is -2.15. The number of aromatic nitrogens is 1. The highest BCUT2D eigenvalue weighted by atomic mass is 35.5. The smallest absolute Gasteiger partial charge is 0.138 e. The molecule has 1 atom stereocenters. The fourth-order valence-electron chi connectivity index (χ4n) is 2.57. The van der Waals surface area contributed by atoms with Crippen molar-refractivity contribution in [1.29, 1.82) is 0 Å². The van der Waals surface area contributed by atoms with Gasteiger partial charge in [0.2, 0.25) is 0 Å². The maximum atomic E-state index is 6.26. The molecule has 0 unspecified atom stereocenters. The molecular weight excluding hydrogens is 367 g/mol. The van der Waals surface area contributed by atoms with E-state index in [1.54, 1.807) is 6.20 Å². The van der Waals surface area contributed by atoms with Crippen LogP contribution >= 0.6 is 23.2 Å². The highest BCUT2D eigenvalue weighted by Crippen LogP contribution is 2.27. The fourth-order valence-corrected chi connectivity index (χ4v) is 2.94. The Balaban J connectivity index is 1.61. The van der Waals surface area contributed by atoms with E-state index in [0.29, 0.717) is 23.9 Å². The molecule has 0 amide bonds. The Hall–Kier alpha value is -2.07. The zero-order valence-electron chi connectivity index (χ0n) is 14.5. The summed E-state index contributed by atoms with van der Waals surface area (Å²) in [5.41, 5.74) is 3.11. The summed E-state index contributed by atoms with van der Waals surface area (Å²) < 4.78 is 5.83. The lowest BCUT2D eigenvalue weighted by atomic mass is 10.1. The molecule has 0 fully saturated rings. The first kappa shape index (κ1) is 18.7. The maximum Gasteiger partial charge on any atom is 0.138 e. The van der Waals surface area contributed by atoms with Crippen LogP contribution in [0.2, 0.25) is 10.0 Å². The van der Waals surface area contributed by atoms with Crippen LogP contribution in [0.3, 0.4) is 0 Å². The number of nitrogens with zero attached hydrogens (tertiary/aromatic N) is 1. The Labute approximate surface area is 163 Å². The average Bonchev–Trinajstić information content (AvgIpc) is 2.67. The summed E-state index contributed by atoms with van der Waals surface area (Å²) in [5.74, 6) is 0.659. The van der Waals surface area contributed by atoms with E-state index in [1.165, 1.54) is 0 Å². The van der Waals surface area contributed by atoms with Crippen molar-refractivity contribution in [3.05, 3.63) is 93.7 Å². The first-order valence-electron chi connectivity index (χ1n) is 8.42. The highest BCUT2D eigenvalue weighted by molar-refractivity contribution is 6.32. The van der Waals surface area contributed by atoms with Crippen LogP contribution in [0, 0.1) is 0 Å². The molecule has 1 N–H and O–H groups in total. The number of halogens is 2. The van der Waals surface area contributed by atoms with Gasteiger partial charge in [-0.15, -0.1) is 0 Å². The van der Waals surface area contributed by atoms with Gasteiger partial charge in [0.15, 0.2) is 0 Å². The molecule has 0 aliphatic carbocycles. The molecule has 3 rings (SSSR count). The molecular formula is C21H20Cl2N2O. The number of ether oxygens (including phenoxy) is 1. The van der Waals surface area contributed by atoms with Gasteiger partial charge in [0, 0.05) is 23.8 Å². The van der Waals surface area contributed by atoms with Gasteiger partial charge >= 0.3 is 0 Å². The van der Waals surface area contributed by atoms with Gasteiger partial charge in [-0.2, -0.15) is 0 Å². The highest BCUT2D eigenvalue weighted by Gasteiger charge is 2.08. The molecule has 0 aliphatic heterocycles. The molecule has 0 saturated carbocycles. The first-order valence-corrected chi connectivity index (χ1v) is 9.17. The molecule has 134 valence electrons. The largest absolute Gasteiger partial charge is 0.486 e. The van der Waals surface area contributed by atoms with Crippen LogP contribution in [0.25, 0.3) is 0 Å². The van der Waals surface area contributed by atoms with E-state index in [4.69, 9.17) is 27.9 Å². The monoisotopic (exact) mass is 386 g/mol. The Bertz CT molecular complexity index is 856. The van der Waals surface area contributed by atoms with Gasteiger partial charge in [0.1, 0.15) is 12.4 Å². The van der Waals surface area contributed by atoms with Crippen molar-refractivity contribution in [2.75, 3.05) is 0 Å². The lowest BCUT2D eigenvalue weighted by Crippen LogP contribution is -2.18. The number of pyridine rings is 1. The van der Waals surface area contributed by atoms with Gasteiger partial charge in [-0.25, -0.2) is 0 Å². The van der Waals surface area contributed by atoms with Crippen molar-refractivity contribution in [1.82, 2.24) is 10.3 Å². The Morgan fingerprint density at radius 1 is 1.04 bits per heavy atom. The molecule has 0 saturated heterocycles. The quantitative estimate of drug-likeness (QED) is 0.555. The number of hydrogen-bond donors (Lipinski definition) is 1. The third-order valence-electron chi connectivity index (χ3n) is 4.06. The summed E-state index contributed by atoms with van der Waals surface area (Å²) in [6.07, 6.45) is 1.75. The number of rotatable bonds is 7. The van der Waals surface area contributed by atoms with Gasteiger partial charge in [0.25, 0.3) is 0 Å². The van der Waals surface area contributed by atoms with Gasteiger partial charge in [0.05, 0.1) is 10.7 Å².